The fourth-order valence-electron chi connectivity index (χ4n) is 10.3. The van der Waals surface area contributed by atoms with Crippen LogP contribution in [0.2, 0.25) is 0 Å². The molecule has 0 radical (unpaired) electrons. The minimum Gasteiger partial charge on any atom is -0.266 e. The van der Waals surface area contributed by atoms with Gasteiger partial charge in [-0.05, 0) is 113 Å². The molecule has 33 heavy (non-hydrogen) atoms. The van der Waals surface area contributed by atoms with E-state index in [1.165, 1.54) is 57.8 Å². The van der Waals surface area contributed by atoms with Gasteiger partial charge in [-0.1, -0.05) is 0 Å². The summed E-state index contributed by atoms with van der Waals surface area (Å²) in [7, 11) is 0. The highest BCUT2D eigenvalue weighted by molar-refractivity contribution is 5.67. The number of hydrogen-bond acceptors (Lipinski definition) is 4. The molecule has 8 aliphatic carbocycles. The summed E-state index contributed by atoms with van der Waals surface area (Å²) in [6.45, 7) is 0. The van der Waals surface area contributed by atoms with Gasteiger partial charge in [-0.25, -0.2) is 0 Å². The summed E-state index contributed by atoms with van der Waals surface area (Å²) in [5, 5.41) is 21.9. The van der Waals surface area contributed by atoms with E-state index in [2.05, 4.69) is 10.9 Å². The quantitative estimate of drug-likeness (QED) is 0.458. The Hall–Kier alpha value is -2.18. The normalized spacial score (nSPS) is 44.6. The number of aromatic nitrogens is 4. The molecule has 174 valence electrons. The van der Waals surface area contributed by atoms with Crippen molar-refractivity contribution in [2.75, 3.05) is 0 Å². The van der Waals surface area contributed by atoms with Crippen molar-refractivity contribution in [1.29, 1.82) is 0 Å². The Balaban J connectivity index is 1.17. The smallest absolute Gasteiger partial charge is 0.266 e. The molecule has 0 saturated heterocycles. The summed E-state index contributed by atoms with van der Waals surface area (Å²) in [5.41, 5.74) is 1.61. The lowest BCUT2D eigenvalue weighted by atomic mass is 9.53. The fourth-order valence-corrected chi connectivity index (χ4v) is 10.3. The van der Waals surface area contributed by atoms with Gasteiger partial charge in [0, 0.05) is 11.8 Å². The van der Waals surface area contributed by atoms with E-state index in [1.54, 1.807) is 6.20 Å². The van der Waals surface area contributed by atoms with Crippen molar-refractivity contribution < 1.29 is 4.92 Å². The van der Waals surface area contributed by atoms with Crippen molar-refractivity contribution >= 4 is 5.69 Å². The zero-order valence-corrected chi connectivity index (χ0v) is 19.2. The third kappa shape index (κ3) is 2.68. The fraction of sp³-hybridized carbons (Fsp3) is 0.769. The Morgan fingerprint density at radius 3 is 1.67 bits per heavy atom. The molecule has 0 amide bonds. The van der Waals surface area contributed by atoms with Crippen molar-refractivity contribution in [2.45, 2.75) is 88.1 Å². The van der Waals surface area contributed by atoms with Crippen LogP contribution in [0.15, 0.2) is 18.6 Å². The second kappa shape index (κ2) is 6.28. The molecule has 10 rings (SSSR count). The maximum Gasteiger partial charge on any atom is 0.315 e. The number of nitro groups is 1. The molecule has 0 spiro atoms. The van der Waals surface area contributed by atoms with Crippen molar-refractivity contribution in [2.24, 2.45) is 35.5 Å². The van der Waals surface area contributed by atoms with Gasteiger partial charge in [-0.3, -0.25) is 19.5 Å². The van der Waals surface area contributed by atoms with E-state index in [9.17, 15) is 10.1 Å². The highest BCUT2D eigenvalue weighted by atomic mass is 16.6. The second-order valence-electron chi connectivity index (χ2n) is 13.0. The van der Waals surface area contributed by atoms with Crippen LogP contribution in [-0.4, -0.2) is 24.5 Å². The molecule has 0 unspecified atom stereocenters. The first-order valence-corrected chi connectivity index (χ1v) is 13.3. The van der Waals surface area contributed by atoms with Crippen LogP contribution < -0.4 is 0 Å². The molecule has 0 aliphatic heterocycles. The number of hydrogen-bond donors (Lipinski definition) is 0. The van der Waals surface area contributed by atoms with E-state index < -0.39 is 0 Å². The summed E-state index contributed by atoms with van der Waals surface area (Å²) in [4.78, 5) is 11.9. The monoisotopic (exact) mass is 447 g/mol. The SMILES string of the molecule is O=[N+]([O-])c1cn(C23CC4CC(CC(C4)C2)C3)nc1-c1cnn(C23CC4CC(CC(C4)C2)C3)c1. The highest BCUT2D eigenvalue weighted by Crippen LogP contribution is 2.60. The minimum atomic E-state index is -0.235. The molecule has 0 N–H and O–H groups in total. The maximum atomic E-state index is 12.1. The van der Waals surface area contributed by atoms with E-state index in [-0.39, 0.29) is 21.7 Å². The van der Waals surface area contributed by atoms with Crippen molar-refractivity contribution in [1.82, 2.24) is 19.6 Å². The van der Waals surface area contributed by atoms with Gasteiger partial charge < -0.3 is 0 Å². The Kier molecular flexibility index (Phi) is 3.64. The van der Waals surface area contributed by atoms with Crippen molar-refractivity contribution in [3.05, 3.63) is 28.7 Å². The number of rotatable bonds is 4. The van der Waals surface area contributed by atoms with E-state index in [1.807, 2.05) is 10.9 Å². The molecule has 7 nitrogen and oxygen atoms in total. The van der Waals surface area contributed by atoms with Crippen LogP contribution in [0.3, 0.4) is 0 Å². The summed E-state index contributed by atoms with van der Waals surface area (Å²) < 4.78 is 4.23. The lowest BCUT2D eigenvalue weighted by Gasteiger charge is -2.56. The molecule has 8 fully saturated rings. The van der Waals surface area contributed by atoms with E-state index in [0.29, 0.717) is 5.69 Å². The van der Waals surface area contributed by atoms with Crippen LogP contribution in [0.5, 0.6) is 0 Å². The van der Waals surface area contributed by atoms with Gasteiger partial charge in [-0.2, -0.15) is 10.2 Å². The molecule has 0 aromatic carbocycles. The van der Waals surface area contributed by atoms with Crippen LogP contribution in [-0.2, 0) is 11.1 Å². The summed E-state index contributed by atoms with van der Waals surface area (Å²) in [5.74, 6) is 4.86. The maximum absolute atomic E-state index is 12.1. The predicted octanol–water partition coefficient (Wildman–Crippen LogP) is 5.51. The minimum absolute atomic E-state index is 0.00627. The van der Waals surface area contributed by atoms with E-state index >= 15 is 0 Å². The lowest BCUT2D eigenvalue weighted by Crippen LogP contribution is -2.52. The zero-order chi connectivity index (χ0) is 21.9. The van der Waals surface area contributed by atoms with Gasteiger partial charge in [0.1, 0.15) is 6.20 Å². The van der Waals surface area contributed by atoms with Crippen LogP contribution in [0.1, 0.15) is 77.0 Å². The molecule has 2 aromatic rings. The standard InChI is InChI=1S/C26H33N5O2/c32-31(33)23-15-30(26-10-19-4-20(11-26)6-21(5-19)12-26)28-24(23)22-13-27-29(14-22)25-7-16-1-17(8-25)3-18(2-16)9-25/h13-21H,1-12H2. The zero-order valence-electron chi connectivity index (χ0n) is 19.2. The molecule has 2 heterocycles. The summed E-state index contributed by atoms with van der Waals surface area (Å²) in [6.07, 6.45) is 21.1. The lowest BCUT2D eigenvalue weighted by molar-refractivity contribution is -0.384. The molecule has 7 heteroatoms. The van der Waals surface area contributed by atoms with Crippen molar-refractivity contribution in [3.8, 4) is 11.3 Å². The van der Waals surface area contributed by atoms with Gasteiger partial charge in [0.15, 0.2) is 5.69 Å². The number of nitrogens with zero attached hydrogens (tertiary/aromatic N) is 5. The van der Waals surface area contributed by atoms with Gasteiger partial charge in [0.05, 0.1) is 22.2 Å². The Bertz CT molecular complexity index is 1070. The Morgan fingerprint density at radius 1 is 0.758 bits per heavy atom. The average molecular weight is 448 g/mol. The third-order valence-electron chi connectivity index (χ3n) is 10.7. The molecule has 0 atom stereocenters. The molecular formula is C26H33N5O2. The van der Waals surface area contributed by atoms with Gasteiger partial charge in [0.2, 0.25) is 0 Å². The first kappa shape index (κ1) is 19.2. The van der Waals surface area contributed by atoms with Crippen LogP contribution in [0, 0.1) is 45.6 Å². The van der Waals surface area contributed by atoms with Crippen LogP contribution in [0.4, 0.5) is 5.69 Å². The predicted molar refractivity (Wildman–Crippen MR) is 122 cm³/mol. The molecule has 8 aliphatic rings. The second-order valence-corrected chi connectivity index (χ2v) is 13.0. The van der Waals surface area contributed by atoms with Gasteiger partial charge in [-0.15, -0.1) is 0 Å². The first-order valence-electron chi connectivity index (χ1n) is 13.3. The van der Waals surface area contributed by atoms with Crippen LogP contribution >= 0.6 is 0 Å². The Labute approximate surface area is 194 Å². The summed E-state index contributed by atoms with van der Waals surface area (Å²) in [6, 6.07) is 0. The van der Waals surface area contributed by atoms with Gasteiger partial charge >= 0.3 is 5.69 Å². The molecule has 2 aromatic heterocycles. The molecular weight excluding hydrogens is 414 g/mol. The largest absolute Gasteiger partial charge is 0.315 e. The molecule has 8 bridgehead atoms. The topological polar surface area (TPSA) is 78.8 Å². The van der Waals surface area contributed by atoms with Gasteiger partial charge in [0.25, 0.3) is 0 Å². The molecule has 8 saturated carbocycles. The van der Waals surface area contributed by atoms with E-state index in [0.717, 1.165) is 60.3 Å². The average Bonchev–Trinajstić information content (AvgIpc) is 3.40. The van der Waals surface area contributed by atoms with Crippen LogP contribution in [0.25, 0.3) is 11.3 Å². The summed E-state index contributed by atoms with van der Waals surface area (Å²) >= 11 is 0. The van der Waals surface area contributed by atoms with E-state index in [4.69, 9.17) is 10.2 Å². The Morgan fingerprint density at radius 2 is 1.21 bits per heavy atom. The third-order valence-corrected chi connectivity index (χ3v) is 10.7. The first-order chi connectivity index (χ1) is 16.0. The highest BCUT2D eigenvalue weighted by Gasteiger charge is 2.54. The van der Waals surface area contributed by atoms with Crippen molar-refractivity contribution in [3.63, 3.8) is 0 Å².